The second-order valence-corrected chi connectivity index (χ2v) is 6.50. The summed E-state index contributed by atoms with van der Waals surface area (Å²) in [5, 5.41) is 7.20. The molecule has 0 fully saturated rings. The normalized spacial score (nSPS) is 21.6. The van der Waals surface area contributed by atoms with E-state index in [1.165, 1.54) is 26.8 Å². The molecule has 0 aromatic heterocycles. The molecule has 0 saturated carbocycles. The third-order valence-electron chi connectivity index (χ3n) is 4.83. The minimum atomic E-state index is 0.209. The van der Waals surface area contributed by atoms with E-state index in [4.69, 9.17) is 4.99 Å². The molecule has 0 N–H and O–H groups in total. The van der Waals surface area contributed by atoms with E-state index in [0.29, 0.717) is 0 Å². The number of nitrogens with zero attached hydrogens (tertiary/aromatic N) is 1. The number of hydrogen-bond acceptors (Lipinski definition) is 1. The maximum absolute atomic E-state index is 5.00. The van der Waals surface area contributed by atoms with Gasteiger partial charge in [-0.2, -0.15) is 0 Å². The quantitative estimate of drug-likeness (QED) is 0.513. The van der Waals surface area contributed by atoms with Crippen molar-refractivity contribution in [3.8, 4) is 0 Å². The summed E-state index contributed by atoms with van der Waals surface area (Å²) in [5.74, 6) is 0.209. The molecular formula is C24H21N. The lowest BCUT2D eigenvalue weighted by Gasteiger charge is -2.09. The molecule has 0 aliphatic carbocycles. The van der Waals surface area contributed by atoms with Gasteiger partial charge in [-0.25, -0.2) is 0 Å². The number of hydrogen-bond donors (Lipinski definition) is 0. The van der Waals surface area contributed by atoms with Crippen LogP contribution in [0.15, 0.2) is 90.1 Å². The predicted octanol–water partition coefficient (Wildman–Crippen LogP) is 5.06. The lowest BCUT2D eigenvalue weighted by Crippen LogP contribution is -2.27. The predicted molar refractivity (Wildman–Crippen MR) is 108 cm³/mol. The second-order valence-electron chi connectivity index (χ2n) is 6.50. The van der Waals surface area contributed by atoms with Crippen molar-refractivity contribution in [3.63, 3.8) is 0 Å². The molecule has 122 valence electrons. The minimum absolute atomic E-state index is 0.209. The topological polar surface area (TPSA) is 12.4 Å². The van der Waals surface area contributed by atoms with Crippen molar-refractivity contribution in [2.45, 2.75) is 13.3 Å². The van der Waals surface area contributed by atoms with Gasteiger partial charge in [0.1, 0.15) is 0 Å². The second kappa shape index (κ2) is 6.52. The first-order chi connectivity index (χ1) is 12.3. The van der Waals surface area contributed by atoms with Crippen molar-refractivity contribution >= 4 is 27.6 Å². The molecule has 0 spiro atoms. The van der Waals surface area contributed by atoms with E-state index >= 15 is 0 Å². The smallest absolute Gasteiger partial charge is 0.0786 e. The number of fused-ring (bicyclic) bond motifs is 6. The van der Waals surface area contributed by atoms with Crippen LogP contribution in [0.5, 0.6) is 0 Å². The van der Waals surface area contributed by atoms with Crippen LogP contribution in [0.2, 0.25) is 0 Å². The molecule has 3 aromatic carbocycles. The lowest BCUT2D eigenvalue weighted by molar-refractivity contribution is 0.841. The van der Waals surface area contributed by atoms with Gasteiger partial charge < -0.3 is 0 Å². The summed E-state index contributed by atoms with van der Waals surface area (Å²) in [6.07, 6.45) is 11.7. The molecule has 0 radical (unpaired) electrons. The van der Waals surface area contributed by atoms with E-state index in [-0.39, 0.29) is 5.92 Å². The summed E-state index contributed by atoms with van der Waals surface area (Å²) in [6, 6.07) is 17.1. The summed E-state index contributed by atoms with van der Waals surface area (Å²) in [6.45, 7) is 6.37. The maximum Gasteiger partial charge on any atom is 0.0786 e. The summed E-state index contributed by atoms with van der Waals surface area (Å²) in [7, 11) is 0. The Morgan fingerprint density at radius 2 is 1.52 bits per heavy atom. The van der Waals surface area contributed by atoms with E-state index < -0.39 is 0 Å². The van der Waals surface area contributed by atoms with Crippen LogP contribution < -0.4 is 10.6 Å². The maximum atomic E-state index is 5.00. The molecule has 1 aliphatic rings. The molecule has 1 heteroatoms. The molecule has 0 amide bonds. The summed E-state index contributed by atoms with van der Waals surface area (Å²) in [5.41, 5.74) is 0.890. The Hall–Kier alpha value is -2.93. The molecule has 4 rings (SSSR count). The highest BCUT2D eigenvalue weighted by molar-refractivity contribution is 6.07. The van der Waals surface area contributed by atoms with E-state index in [1.807, 2.05) is 0 Å². The Balaban J connectivity index is 2.24. The fourth-order valence-electron chi connectivity index (χ4n) is 3.41. The molecule has 1 atom stereocenters. The van der Waals surface area contributed by atoms with Gasteiger partial charge in [0.15, 0.2) is 0 Å². The van der Waals surface area contributed by atoms with Gasteiger partial charge in [0.25, 0.3) is 0 Å². The van der Waals surface area contributed by atoms with Gasteiger partial charge in [-0.3, -0.25) is 4.99 Å². The fraction of sp³-hybridized carbons (Fsp3) is 0.125. The standard InChI is InChI=1S/C24H21N/c1-17-11-5-3-4-6-15-22-20-13-8-7-12-19(20)21-14-9-10-16-23(21)24(22)25-18(17)2/h3-5,7-17H,2,6H2,1H3/b4-3-,11-5-,22-15-,25-24?. The Morgan fingerprint density at radius 3 is 2.28 bits per heavy atom. The van der Waals surface area contributed by atoms with Crippen molar-refractivity contribution in [1.29, 1.82) is 0 Å². The Morgan fingerprint density at radius 1 is 0.880 bits per heavy atom. The van der Waals surface area contributed by atoms with Crippen LogP contribution in [0.3, 0.4) is 0 Å². The zero-order valence-electron chi connectivity index (χ0n) is 14.4. The summed E-state index contributed by atoms with van der Waals surface area (Å²) in [4.78, 5) is 5.00. The molecule has 25 heavy (non-hydrogen) atoms. The highest BCUT2D eigenvalue weighted by Crippen LogP contribution is 2.21. The van der Waals surface area contributed by atoms with Gasteiger partial charge in [0, 0.05) is 22.2 Å². The third kappa shape index (κ3) is 2.83. The number of allylic oxidation sites excluding steroid dienone is 4. The summed E-state index contributed by atoms with van der Waals surface area (Å²) >= 11 is 0. The zero-order valence-corrected chi connectivity index (χ0v) is 14.4. The molecule has 3 aromatic rings. The molecule has 1 heterocycles. The highest BCUT2D eigenvalue weighted by atomic mass is 14.7. The van der Waals surface area contributed by atoms with Gasteiger partial charge in [0.05, 0.1) is 5.36 Å². The van der Waals surface area contributed by atoms with Gasteiger partial charge >= 0.3 is 0 Å². The van der Waals surface area contributed by atoms with Crippen molar-refractivity contribution in [1.82, 2.24) is 0 Å². The van der Waals surface area contributed by atoms with E-state index in [9.17, 15) is 0 Å². The Labute approximate surface area is 148 Å². The van der Waals surface area contributed by atoms with Crippen molar-refractivity contribution in [3.05, 3.63) is 95.7 Å². The minimum Gasteiger partial charge on any atom is -0.252 e. The first kappa shape index (κ1) is 15.6. The van der Waals surface area contributed by atoms with Crippen LogP contribution in [0.4, 0.5) is 0 Å². The molecular weight excluding hydrogens is 302 g/mol. The van der Waals surface area contributed by atoms with Crippen molar-refractivity contribution in [2.75, 3.05) is 0 Å². The Kier molecular flexibility index (Phi) is 4.07. The number of benzene rings is 3. The van der Waals surface area contributed by atoms with Crippen molar-refractivity contribution in [2.24, 2.45) is 10.9 Å². The summed E-state index contributed by atoms with van der Waals surface area (Å²) < 4.78 is 0. The molecule has 1 aliphatic heterocycles. The third-order valence-corrected chi connectivity index (χ3v) is 4.83. The average Bonchev–Trinajstić information content (AvgIpc) is 2.68. The van der Waals surface area contributed by atoms with Gasteiger partial charge in [-0.15, -0.1) is 0 Å². The lowest BCUT2D eigenvalue weighted by atomic mass is 9.98. The first-order valence-corrected chi connectivity index (χ1v) is 8.76. The van der Waals surface area contributed by atoms with Gasteiger partial charge in [0.2, 0.25) is 0 Å². The van der Waals surface area contributed by atoms with Crippen LogP contribution in [-0.4, -0.2) is 0 Å². The van der Waals surface area contributed by atoms with E-state index in [2.05, 4.69) is 92.4 Å². The van der Waals surface area contributed by atoms with Crippen molar-refractivity contribution < 1.29 is 0 Å². The fourth-order valence-corrected chi connectivity index (χ4v) is 3.41. The monoisotopic (exact) mass is 323 g/mol. The van der Waals surface area contributed by atoms with Crippen LogP contribution in [0, 0.1) is 5.92 Å². The zero-order chi connectivity index (χ0) is 17.2. The number of rotatable bonds is 0. The largest absolute Gasteiger partial charge is 0.252 e. The molecule has 1 nitrogen and oxygen atoms in total. The van der Waals surface area contributed by atoms with Crippen LogP contribution >= 0.6 is 0 Å². The van der Waals surface area contributed by atoms with E-state index in [0.717, 1.165) is 17.5 Å². The van der Waals surface area contributed by atoms with Gasteiger partial charge in [-0.1, -0.05) is 92.4 Å². The highest BCUT2D eigenvalue weighted by Gasteiger charge is 2.08. The SMILES string of the molecule is C=C1N=c2/c(c3ccccc3c3ccccc23)=C\C/C=C\C=C/C1C. The molecule has 1 unspecified atom stereocenters. The Bertz CT molecular complexity index is 1150. The molecule has 0 saturated heterocycles. The van der Waals surface area contributed by atoms with E-state index in [1.54, 1.807) is 0 Å². The van der Waals surface area contributed by atoms with Gasteiger partial charge in [-0.05, 0) is 22.6 Å². The van der Waals surface area contributed by atoms with Crippen LogP contribution in [-0.2, 0) is 0 Å². The molecule has 0 bridgehead atoms. The first-order valence-electron chi connectivity index (χ1n) is 8.76. The van der Waals surface area contributed by atoms with Crippen LogP contribution in [0.1, 0.15) is 13.3 Å². The van der Waals surface area contributed by atoms with Crippen LogP contribution in [0.25, 0.3) is 27.6 Å². The average molecular weight is 323 g/mol.